The fraction of sp³-hybridized carbons (Fsp3) is 0.611. The second-order valence-electron chi connectivity index (χ2n) is 6.66. The Balaban J connectivity index is 1.72. The second kappa shape index (κ2) is 6.18. The number of carbonyl (C=O) groups is 1. The van der Waals surface area contributed by atoms with Crippen molar-refractivity contribution in [3.05, 3.63) is 35.9 Å². The van der Waals surface area contributed by atoms with Crippen LogP contribution in [-0.4, -0.2) is 23.4 Å². The minimum Gasteiger partial charge on any atom is -0.339 e. The highest BCUT2D eigenvalue weighted by Crippen LogP contribution is 2.38. The predicted octanol–water partition coefficient (Wildman–Crippen LogP) is 3.11. The molecule has 1 aliphatic carbocycles. The zero-order chi connectivity index (χ0) is 14.8. The van der Waals surface area contributed by atoms with Gasteiger partial charge in [0, 0.05) is 18.6 Å². The molecular formula is C18H26N2O. The summed E-state index contributed by atoms with van der Waals surface area (Å²) in [6, 6.07) is 10.3. The van der Waals surface area contributed by atoms with Crippen LogP contribution in [0.5, 0.6) is 0 Å². The number of hydrogen-bond acceptors (Lipinski definition) is 2. The van der Waals surface area contributed by atoms with Crippen LogP contribution < -0.4 is 5.73 Å². The Labute approximate surface area is 127 Å². The largest absolute Gasteiger partial charge is 0.339 e. The zero-order valence-electron chi connectivity index (χ0n) is 12.9. The van der Waals surface area contributed by atoms with Gasteiger partial charge in [0.1, 0.15) is 0 Å². The lowest BCUT2D eigenvalue weighted by atomic mass is 9.88. The van der Waals surface area contributed by atoms with E-state index in [0.29, 0.717) is 6.04 Å². The maximum Gasteiger partial charge on any atom is 0.227 e. The van der Waals surface area contributed by atoms with Crippen LogP contribution in [0.2, 0.25) is 0 Å². The van der Waals surface area contributed by atoms with E-state index < -0.39 is 0 Å². The molecule has 3 rings (SSSR count). The average Bonchev–Trinajstić information content (AvgIpc) is 3.02. The smallest absolute Gasteiger partial charge is 0.227 e. The number of nitrogens with zero attached hydrogens (tertiary/aromatic N) is 1. The highest BCUT2D eigenvalue weighted by Gasteiger charge is 2.39. The van der Waals surface area contributed by atoms with Crippen LogP contribution in [0, 0.1) is 11.8 Å². The first-order valence-corrected chi connectivity index (χ1v) is 8.29. The lowest BCUT2D eigenvalue weighted by Gasteiger charge is -2.40. The van der Waals surface area contributed by atoms with Gasteiger partial charge in [-0.3, -0.25) is 4.79 Å². The van der Waals surface area contributed by atoms with Crippen molar-refractivity contribution in [1.29, 1.82) is 0 Å². The van der Waals surface area contributed by atoms with E-state index in [1.165, 1.54) is 25.7 Å². The molecule has 0 bridgehead atoms. The standard InChI is InChI=1S/C18H26N2O/c1-13(17(19)15-7-3-2-4-8-15)18(21)20-12-6-10-14-9-5-11-16(14)20/h2-4,7-8,13-14,16-17H,5-6,9-12,19H2,1H3. The quantitative estimate of drug-likeness (QED) is 0.928. The first kappa shape index (κ1) is 14.6. The second-order valence-corrected chi connectivity index (χ2v) is 6.66. The van der Waals surface area contributed by atoms with Gasteiger partial charge in [0.05, 0.1) is 5.92 Å². The highest BCUT2D eigenvalue weighted by atomic mass is 16.2. The Bertz CT molecular complexity index is 487. The Kier molecular flexibility index (Phi) is 4.29. The lowest BCUT2D eigenvalue weighted by molar-refractivity contribution is -0.140. The van der Waals surface area contributed by atoms with Crippen LogP contribution in [0.3, 0.4) is 0 Å². The first-order valence-electron chi connectivity index (χ1n) is 8.29. The molecule has 0 spiro atoms. The third kappa shape index (κ3) is 2.84. The molecule has 3 heteroatoms. The molecule has 21 heavy (non-hydrogen) atoms. The van der Waals surface area contributed by atoms with Gasteiger partial charge in [0.15, 0.2) is 0 Å². The highest BCUT2D eigenvalue weighted by molar-refractivity contribution is 5.80. The molecule has 1 heterocycles. The van der Waals surface area contributed by atoms with E-state index in [9.17, 15) is 4.79 Å². The molecule has 1 saturated carbocycles. The van der Waals surface area contributed by atoms with Gasteiger partial charge in [-0.2, -0.15) is 0 Å². The third-order valence-electron chi connectivity index (χ3n) is 5.39. The number of hydrogen-bond donors (Lipinski definition) is 1. The van der Waals surface area contributed by atoms with Crippen LogP contribution in [0.15, 0.2) is 30.3 Å². The van der Waals surface area contributed by atoms with Crippen molar-refractivity contribution in [1.82, 2.24) is 4.90 Å². The van der Waals surface area contributed by atoms with E-state index in [-0.39, 0.29) is 17.9 Å². The molecule has 1 aliphatic heterocycles. The van der Waals surface area contributed by atoms with Crippen molar-refractivity contribution in [2.45, 2.75) is 51.1 Å². The molecule has 2 N–H and O–H groups in total. The molecule has 4 atom stereocenters. The summed E-state index contributed by atoms with van der Waals surface area (Å²) in [6.45, 7) is 2.91. The summed E-state index contributed by atoms with van der Waals surface area (Å²) in [5.74, 6) is 0.845. The van der Waals surface area contributed by atoms with Crippen LogP contribution in [0.25, 0.3) is 0 Å². The maximum absolute atomic E-state index is 12.9. The SMILES string of the molecule is CC(C(=O)N1CCCC2CCCC21)C(N)c1ccccc1. The Morgan fingerprint density at radius 3 is 2.67 bits per heavy atom. The summed E-state index contributed by atoms with van der Waals surface area (Å²) in [5, 5.41) is 0. The molecule has 1 saturated heterocycles. The molecule has 1 aromatic rings. The van der Waals surface area contributed by atoms with Crippen molar-refractivity contribution in [2.75, 3.05) is 6.54 Å². The van der Waals surface area contributed by atoms with E-state index in [2.05, 4.69) is 4.90 Å². The number of piperidine rings is 1. The molecule has 0 aromatic heterocycles. The van der Waals surface area contributed by atoms with Gasteiger partial charge in [-0.15, -0.1) is 0 Å². The van der Waals surface area contributed by atoms with Crippen molar-refractivity contribution in [3.8, 4) is 0 Å². The van der Waals surface area contributed by atoms with Crippen LogP contribution in [-0.2, 0) is 4.79 Å². The summed E-state index contributed by atoms with van der Waals surface area (Å²) in [7, 11) is 0. The fourth-order valence-electron chi connectivity index (χ4n) is 4.11. The van der Waals surface area contributed by atoms with E-state index in [1.54, 1.807) is 0 Å². The van der Waals surface area contributed by atoms with E-state index >= 15 is 0 Å². The van der Waals surface area contributed by atoms with Gasteiger partial charge < -0.3 is 10.6 Å². The lowest BCUT2D eigenvalue weighted by Crippen LogP contribution is -2.49. The third-order valence-corrected chi connectivity index (χ3v) is 5.39. The van der Waals surface area contributed by atoms with Gasteiger partial charge in [-0.25, -0.2) is 0 Å². The summed E-state index contributed by atoms with van der Waals surface area (Å²) in [6.07, 6.45) is 6.21. The Morgan fingerprint density at radius 2 is 1.90 bits per heavy atom. The molecule has 1 aromatic carbocycles. The Morgan fingerprint density at radius 1 is 1.19 bits per heavy atom. The molecule has 114 valence electrons. The average molecular weight is 286 g/mol. The normalized spacial score (nSPS) is 28.0. The van der Waals surface area contributed by atoms with Crippen molar-refractivity contribution in [3.63, 3.8) is 0 Å². The fourth-order valence-corrected chi connectivity index (χ4v) is 4.11. The van der Waals surface area contributed by atoms with Crippen LogP contribution in [0.1, 0.15) is 50.6 Å². The molecule has 2 fully saturated rings. The summed E-state index contributed by atoms with van der Waals surface area (Å²) < 4.78 is 0. The van der Waals surface area contributed by atoms with E-state index in [1.807, 2.05) is 37.3 Å². The van der Waals surface area contributed by atoms with Crippen LogP contribution >= 0.6 is 0 Å². The summed E-state index contributed by atoms with van der Waals surface area (Å²) >= 11 is 0. The van der Waals surface area contributed by atoms with Crippen molar-refractivity contribution in [2.24, 2.45) is 17.6 Å². The van der Waals surface area contributed by atoms with Gasteiger partial charge in [-0.1, -0.05) is 43.7 Å². The van der Waals surface area contributed by atoms with Gasteiger partial charge in [-0.05, 0) is 37.2 Å². The maximum atomic E-state index is 12.9. The minimum atomic E-state index is -0.208. The Hall–Kier alpha value is -1.35. The number of rotatable bonds is 3. The van der Waals surface area contributed by atoms with Gasteiger partial charge in [0.2, 0.25) is 5.91 Å². The van der Waals surface area contributed by atoms with E-state index in [0.717, 1.165) is 24.4 Å². The summed E-state index contributed by atoms with van der Waals surface area (Å²) in [4.78, 5) is 15.0. The minimum absolute atomic E-state index is 0.147. The molecule has 2 aliphatic rings. The van der Waals surface area contributed by atoms with Crippen LogP contribution in [0.4, 0.5) is 0 Å². The van der Waals surface area contributed by atoms with Crippen molar-refractivity contribution >= 4 is 5.91 Å². The molecule has 1 amide bonds. The predicted molar refractivity (Wildman–Crippen MR) is 84.6 cm³/mol. The zero-order valence-corrected chi connectivity index (χ0v) is 12.9. The molecular weight excluding hydrogens is 260 g/mol. The van der Waals surface area contributed by atoms with Crippen molar-refractivity contribution < 1.29 is 4.79 Å². The number of amides is 1. The number of benzene rings is 1. The molecule has 3 nitrogen and oxygen atoms in total. The number of nitrogens with two attached hydrogens (primary N) is 1. The van der Waals surface area contributed by atoms with E-state index in [4.69, 9.17) is 5.73 Å². The molecule has 0 radical (unpaired) electrons. The number of likely N-dealkylation sites (tertiary alicyclic amines) is 1. The summed E-state index contributed by atoms with van der Waals surface area (Å²) in [5.41, 5.74) is 7.39. The van der Waals surface area contributed by atoms with Gasteiger partial charge >= 0.3 is 0 Å². The number of fused-ring (bicyclic) bond motifs is 1. The number of carbonyl (C=O) groups excluding carboxylic acids is 1. The van der Waals surface area contributed by atoms with Gasteiger partial charge in [0.25, 0.3) is 0 Å². The monoisotopic (exact) mass is 286 g/mol. The topological polar surface area (TPSA) is 46.3 Å². The molecule has 4 unspecified atom stereocenters. The first-order chi connectivity index (χ1) is 10.2.